The second-order valence-electron chi connectivity index (χ2n) is 4.66. The molecule has 1 aliphatic heterocycles. The van der Waals surface area contributed by atoms with E-state index in [-0.39, 0.29) is 18.8 Å². The van der Waals surface area contributed by atoms with Gasteiger partial charge in [-0.15, -0.1) is 0 Å². The molecule has 0 bridgehead atoms. The molecule has 7 nitrogen and oxygen atoms in total. The molecule has 5 N–H and O–H groups in total. The molecule has 0 saturated heterocycles. The fraction of sp³-hybridized carbons (Fsp3) is 0.385. The van der Waals surface area contributed by atoms with Gasteiger partial charge in [0.05, 0.1) is 6.54 Å². The monoisotopic (exact) mass is 277 g/mol. The summed E-state index contributed by atoms with van der Waals surface area (Å²) in [5.74, 6) is 1.88. The van der Waals surface area contributed by atoms with Crippen molar-refractivity contribution in [1.29, 1.82) is 0 Å². The Hall–Kier alpha value is -2.44. The van der Waals surface area contributed by atoms with Gasteiger partial charge in [-0.3, -0.25) is 0 Å². The van der Waals surface area contributed by atoms with Gasteiger partial charge < -0.3 is 26.3 Å². The van der Waals surface area contributed by atoms with Crippen LogP contribution in [0.5, 0.6) is 11.5 Å². The second kappa shape index (κ2) is 6.14. The minimum absolute atomic E-state index is 0.0254. The normalized spacial score (nSPS) is 13.4. The van der Waals surface area contributed by atoms with Crippen LogP contribution in [-0.2, 0) is 6.54 Å². The number of ether oxygens (including phenoxy) is 2. The van der Waals surface area contributed by atoms with Gasteiger partial charge >= 0.3 is 0 Å². The molecule has 0 radical (unpaired) electrons. The van der Waals surface area contributed by atoms with Gasteiger partial charge in [0.25, 0.3) is 0 Å². The third kappa shape index (κ3) is 3.78. The predicted molar refractivity (Wildman–Crippen MR) is 77.8 cm³/mol. The zero-order chi connectivity index (χ0) is 14.5. The van der Waals surface area contributed by atoms with Crippen molar-refractivity contribution in [3.63, 3.8) is 0 Å². The van der Waals surface area contributed by atoms with Gasteiger partial charge in [0.2, 0.25) is 12.8 Å². The molecule has 0 aliphatic carbocycles. The van der Waals surface area contributed by atoms with Crippen molar-refractivity contribution in [3.8, 4) is 11.5 Å². The number of hydrogen-bond acceptors (Lipinski definition) is 3. The molecule has 0 atom stereocenters. The Morgan fingerprint density at radius 2 is 2.05 bits per heavy atom. The maximum Gasteiger partial charge on any atom is 0.231 e. The number of nitrogens with two attached hydrogens (primary N) is 2. The molecule has 0 unspecified atom stereocenters. The van der Waals surface area contributed by atoms with Crippen molar-refractivity contribution < 1.29 is 9.47 Å². The molecule has 0 aromatic heterocycles. The summed E-state index contributed by atoms with van der Waals surface area (Å²) in [6, 6.07) is 5.88. The van der Waals surface area contributed by atoms with Crippen LogP contribution in [0.3, 0.4) is 0 Å². The molecule has 2 rings (SSSR count). The lowest BCUT2D eigenvalue weighted by molar-refractivity contribution is 0.174. The van der Waals surface area contributed by atoms with E-state index in [1.807, 2.05) is 32.0 Å². The molecule has 20 heavy (non-hydrogen) atoms. The van der Waals surface area contributed by atoms with Gasteiger partial charge in [-0.25, -0.2) is 4.99 Å². The molecular formula is C13H19N5O2. The number of nitrogens with zero attached hydrogens (tertiary/aromatic N) is 2. The number of nitrogens with one attached hydrogen (secondary N) is 1. The molecule has 0 saturated carbocycles. The second-order valence-corrected chi connectivity index (χ2v) is 4.66. The van der Waals surface area contributed by atoms with Crippen molar-refractivity contribution in [3.05, 3.63) is 23.8 Å². The van der Waals surface area contributed by atoms with Crippen LogP contribution < -0.4 is 26.3 Å². The maximum absolute atomic E-state index is 5.38. The van der Waals surface area contributed by atoms with Crippen LogP contribution in [0.1, 0.15) is 19.4 Å². The summed E-state index contributed by atoms with van der Waals surface area (Å²) in [7, 11) is 0. The molecule has 1 heterocycles. The summed E-state index contributed by atoms with van der Waals surface area (Å²) < 4.78 is 10.6. The Morgan fingerprint density at radius 3 is 2.75 bits per heavy atom. The molecule has 108 valence electrons. The SMILES string of the molecule is CC(C)NC(N=C(N)N)=NCc1ccc2c(c1)OCO2. The number of rotatable bonds is 3. The number of benzene rings is 1. The van der Waals surface area contributed by atoms with Gasteiger partial charge in [0.15, 0.2) is 17.5 Å². The molecule has 7 heteroatoms. The maximum atomic E-state index is 5.38. The summed E-state index contributed by atoms with van der Waals surface area (Å²) in [5, 5.41) is 3.08. The predicted octanol–water partition coefficient (Wildman–Crippen LogP) is 0.543. The van der Waals surface area contributed by atoms with E-state index in [0.717, 1.165) is 17.1 Å². The smallest absolute Gasteiger partial charge is 0.231 e. The Balaban J connectivity index is 2.10. The minimum Gasteiger partial charge on any atom is -0.454 e. The number of guanidine groups is 2. The van der Waals surface area contributed by atoms with E-state index in [1.54, 1.807) is 0 Å². The molecule has 0 amide bonds. The number of aliphatic imine (C=N–C) groups is 2. The molecular weight excluding hydrogens is 258 g/mol. The lowest BCUT2D eigenvalue weighted by Crippen LogP contribution is -2.33. The molecule has 1 aromatic carbocycles. The Labute approximate surface area is 117 Å². The summed E-state index contributed by atoms with van der Waals surface area (Å²) in [6.07, 6.45) is 0. The largest absolute Gasteiger partial charge is 0.454 e. The average Bonchev–Trinajstić information content (AvgIpc) is 2.81. The number of fused-ring (bicyclic) bond motifs is 1. The van der Waals surface area contributed by atoms with E-state index < -0.39 is 0 Å². The molecule has 0 spiro atoms. The fourth-order valence-corrected chi connectivity index (χ4v) is 1.70. The lowest BCUT2D eigenvalue weighted by Gasteiger charge is -2.09. The third-order valence-electron chi connectivity index (χ3n) is 2.50. The highest BCUT2D eigenvalue weighted by atomic mass is 16.7. The van der Waals surface area contributed by atoms with Crippen molar-refractivity contribution >= 4 is 11.9 Å². The van der Waals surface area contributed by atoms with Crippen LogP contribution in [0.25, 0.3) is 0 Å². The van der Waals surface area contributed by atoms with Crippen molar-refractivity contribution in [2.45, 2.75) is 26.4 Å². The Bertz CT molecular complexity index is 536. The first-order valence-electron chi connectivity index (χ1n) is 6.33. The van der Waals surface area contributed by atoms with E-state index >= 15 is 0 Å². The van der Waals surface area contributed by atoms with Crippen LogP contribution in [0.15, 0.2) is 28.2 Å². The third-order valence-corrected chi connectivity index (χ3v) is 2.50. The van der Waals surface area contributed by atoms with Gasteiger partial charge in [0.1, 0.15) is 0 Å². The average molecular weight is 277 g/mol. The number of hydrogen-bond donors (Lipinski definition) is 3. The molecule has 0 fully saturated rings. The van der Waals surface area contributed by atoms with Crippen LogP contribution in [0.2, 0.25) is 0 Å². The first-order valence-corrected chi connectivity index (χ1v) is 6.33. The highest BCUT2D eigenvalue weighted by molar-refractivity contribution is 5.93. The van der Waals surface area contributed by atoms with Gasteiger partial charge in [-0.05, 0) is 31.5 Å². The van der Waals surface area contributed by atoms with Crippen molar-refractivity contribution in [1.82, 2.24) is 5.32 Å². The van der Waals surface area contributed by atoms with Gasteiger partial charge in [-0.2, -0.15) is 4.99 Å². The highest BCUT2D eigenvalue weighted by Crippen LogP contribution is 2.32. The van der Waals surface area contributed by atoms with Crippen molar-refractivity contribution in [2.75, 3.05) is 6.79 Å². The zero-order valence-electron chi connectivity index (χ0n) is 11.6. The van der Waals surface area contributed by atoms with E-state index in [2.05, 4.69) is 15.3 Å². The standard InChI is InChI=1S/C13H19N5O2/c1-8(2)17-13(18-12(14)15)16-6-9-3-4-10-11(5-9)20-7-19-10/h3-5,8H,6-7H2,1-2H3,(H5,14,15,16,17,18). The van der Waals surface area contributed by atoms with Crippen LogP contribution in [0.4, 0.5) is 0 Å². The summed E-state index contributed by atoms with van der Waals surface area (Å²) in [6.45, 7) is 4.68. The lowest BCUT2D eigenvalue weighted by atomic mass is 10.2. The van der Waals surface area contributed by atoms with E-state index in [4.69, 9.17) is 20.9 Å². The minimum atomic E-state index is -0.0254. The summed E-state index contributed by atoms with van der Waals surface area (Å²) in [5.41, 5.74) is 11.8. The Kier molecular flexibility index (Phi) is 4.29. The Morgan fingerprint density at radius 1 is 1.30 bits per heavy atom. The van der Waals surface area contributed by atoms with E-state index in [9.17, 15) is 0 Å². The van der Waals surface area contributed by atoms with E-state index in [1.165, 1.54) is 0 Å². The topological polar surface area (TPSA) is 107 Å². The summed E-state index contributed by atoms with van der Waals surface area (Å²) in [4.78, 5) is 8.32. The summed E-state index contributed by atoms with van der Waals surface area (Å²) >= 11 is 0. The van der Waals surface area contributed by atoms with Crippen molar-refractivity contribution in [2.24, 2.45) is 21.5 Å². The van der Waals surface area contributed by atoms with Gasteiger partial charge in [-0.1, -0.05) is 6.07 Å². The van der Waals surface area contributed by atoms with E-state index in [0.29, 0.717) is 12.5 Å². The zero-order valence-corrected chi connectivity index (χ0v) is 11.6. The molecule has 1 aromatic rings. The van der Waals surface area contributed by atoms with Gasteiger partial charge in [0, 0.05) is 6.04 Å². The first-order chi connectivity index (χ1) is 9.54. The van der Waals surface area contributed by atoms with Crippen LogP contribution in [-0.4, -0.2) is 24.8 Å². The fourth-order valence-electron chi connectivity index (χ4n) is 1.70. The molecule has 1 aliphatic rings. The quantitative estimate of drug-likeness (QED) is 0.552. The highest BCUT2D eigenvalue weighted by Gasteiger charge is 2.12. The first kappa shape index (κ1) is 14.0. The van der Waals surface area contributed by atoms with Crippen LogP contribution >= 0.6 is 0 Å². The van der Waals surface area contributed by atoms with Crippen LogP contribution in [0, 0.1) is 0 Å².